The lowest BCUT2D eigenvalue weighted by Gasteiger charge is -2.25. The SMILES string of the molecule is CCCCCC/C=C\C/C=C\CCCCCCCCCC(=O)OC(COC(=O)CCCCCCCCCCCCCCCCCCCCCCCCCCCCCCCCC)COC(OCC[N+](C)(C)C)C(=O)O. The van der Waals surface area contributed by atoms with Crippen molar-refractivity contribution in [2.45, 2.75) is 328 Å². The Morgan fingerprint density at radius 2 is 0.730 bits per heavy atom. The molecule has 0 aromatic heterocycles. The third-order valence-corrected chi connectivity index (χ3v) is 14.5. The van der Waals surface area contributed by atoms with Crippen LogP contribution in [-0.2, 0) is 33.3 Å². The molecule has 2 atom stereocenters. The maximum atomic E-state index is 12.9. The summed E-state index contributed by atoms with van der Waals surface area (Å²) in [7, 11) is 5.98. The maximum Gasteiger partial charge on any atom is 0.361 e. The van der Waals surface area contributed by atoms with Crippen LogP contribution in [0.25, 0.3) is 0 Å². The van der Waals surface area contributed by atoms with Crippen LogP contribution in [0.15, 0.2) is 24.3 Å². The van der Waals surface area contributed by atoms with Crippen molar-refractivity contribution in [3.8, 4) is 0 Å². The summed E-state index contributed by atoms with van der Waals surface area (Å²) < 4.78 is 22.9. The van der Waals surface area contributed by atoms with Gasteiger partial charge >= 0.3 is 17.9 Å². The lowest BCUT2D eigenvalue weighted by Crippen LogP contribution is -2.40. The van der Waals surface area contributed by atoms with Crippen molar-refractivity contribution in [1.29, 1.82) is 0 Å². The van der Waals surface area contributed by atoms with Crippen molar-refractivity contribution in [3.63, 3.8) is 0 Å². The minimum Gasteiger partial charge on any atom is -0.477 e. The zero-order chi connectivity index (χ0) is 54.1. The van der Waals surface area contributed by atoms with E-state index < -0.39 is 24.3 Å². The molecule has 0 heterocycles. The summed E-state index contributed by atoms with van der Waals surface area (Å²) in [6.07, 6.45) is 65.7. The molecule has 2 unspecified atom stereocenters. The van der Waals surface area contributed by atoms with Crippen LogP contribution in [0.5, 0.6) is 0 Å². The molecule has 0 aliphatic carbocycles. The molecule has 0 aliphatic rings. The molecule has 74 heavy (non-hydrogen) atoms. The molecule has 0 aromatic rings. The minimum absolute atomic E-state index is 0.180. The third-order valence-electron chi connectivity index (χ3n) is 14.5. The number of carbonyl (C=O) groups excluding carboxylic acids is 2. The van der Waals surface area contributed by atoms with Gasteiger partial charge in [0.05, 0.1) is 34.4 Å². The predicted molar refractivity (Wildman–Crippen MR) is 314 cm³/mol. The zero-order valence-electron chi connectivity index (χ0n) is 49.8. The van der Waals surface area contributed by atoms with Gasteiger partial charge in [-0.05, 0) is 44.9 Å². The Hall–Kier alpha value is -2.23. The number of ether oxygens (including phenoxy) is 4. The smallest absolute Gasteiger partial charge is 0.361 e. The highest BCUT2D eigenvalue weighted by Crippen LogP contribution is 2.18. The van der Waals surface area contributed by atoms with Crippen LogP contribution in [-0.4, -0.2) is 87.4 Å². The molecule has 0 rings (SSSR count). The number of aliphatic carboxylic acids is 1. The van der Waals surface area contributed by atoms with Crippen molar-refractivity contribution in [2.24, 2.45) is 0 Å². The normalized spacial score (nSPS) is 12.8. The van der Waals surface area contributed by atoms with Gasteiger partial charge in [-0.3, -0.25) is 9.59 Å². The first kappa shape index (κ1) is 71.8. The highest BCUT2D eigenvalue weighted by atomic mass is 16.7. The number of quaternary nitrogens is 1. The molecule has 0 spiro atoms. The third kappa shape index (κ3) is 57.5. The molecule has 0 fully saturated rings. The fourth-order valence-corrected chi connectivity index (χ4v) is 9.52. The Bertz CT molecular complexity index is 1260. The Kier molecular flexibility index (Phi) is 55.2. The number of carbonyl (C=O) groups is 3. The second-order valence-corrected chi connectivity index (χ2v) is 23.1. The van der Waals surface area contributed by atoms with E-state index in [4.69, 9.17) is 18.9 Å². The van der Waals surface area contributed by atoms with Crippen molar-refractivity contribution in [1.82, 2.24) is 0 Å². The Labute approximate surface area is 458 Å². The number of hydrogen-bond donors (Lipinski definition) is 1. The van der Waals surface area contributed by atoms with E-state index in [1.807, 2.05) is 21.1 Å². The van der Waals surface area contributed by atoms with Gasteiger partial charge in [0, 0.05) is 12.8 Å². The van der Waals surface area contributed by atoms with Crippen molar-refractivity contribution in [2.75, 3.05) is 47.5 Å². The van der Waals surface area contributed by atoms with Gasteiger partial charge in [-0.2, -0.15) is 0 Å². The molecule has 9 nitrogen and oxygen atoms in total. The van der Waals surface area contributed by atoms with Crippen molar-refractivity contribution in [3.05, 3.63) is 24.3 Å². The predicted octanol–water partition coefficient (Wildman–Crippen LogP) is 19.1. The quantitative estimate of drug-likeness (QED) is 0.0211. The molecule has 0 bridgehead atoms. The van der Waals surface area contributed by atoms with Gasteiger partial charge in [-0.1, -0.05) is 282 Å². The van der Waals surface area contributed by atoms with Gasteiger partial charge in [0.15, 0.2) is 6.10 Å². The molecule has 0 saturated heterocycles. The Morgan fingerprint density at radius 1 is 0.405 bits per heavy atom. The molecule has 1 N–H and O–H groups in total. The van der Waals surface area contributed by atoms with Crippen LogP contribution < -0.4 is 0 Å². The fourth-order valence-electron chi connectivity index (χ4n) is 9.52. The average molecular weight is 1050 g/mol. The highest BCUT2D eigenvalue weighted by Gasteiger charge is 2.25. The number of allylic oxidation sites excluding steroid dienone is 4. The number of carboxylic acids is 1. The van der Waals surface area contributed by atoms with E-state index in [1.165, 1.54) is 231 Å². The van der Waals surface area contributed by atoms with Crippen LogP contribution in [0.3, 0.4) is 0 Å². The van der Waals surface area contributed by atoms with Crippen LogP contribution >= 0.6 is 0 Å². The minimum atomic E-state index is -1.51. The summed E-state index contributed by atoms with van der Waals surface area (Å²) in [5, 5.41) is 9.71. The summed E-state index contributed by atoms with van der Waals surface area (Å²) >= 11 is 0. The maximum absolute atomic E-state index is 12.9. The van der Waals surface area contributed by atoms with Crippen LogP contribution in [0.2, 0.25) is 0 Å². The van der Waals surface area contributed by atoms with Crippen LogP contribution in [0.1, 0.15) is 316 Å². The second kappa shape index (κ2) is 57.0. The van der Waals surface area contributed by atoms with Crippen LogP contribution in [0, 0.1) is 0 Å². The van der Waals surface area contributed by atoms with Gasteiger partial charge < -0.3 is 28.5 Å². The van der Waals surface area contributed by atoms with E-state index in [9.17, 15) is 19.5 Å². The summed E-state index contributed by atoms with van der Waals surface area (Å²) in [6.45, 7) is 4.91. The number of esters is 2. The molecule has 0 aliphatic heterocycles. The standard InChI is InChI=1S/C65H123NO8/c1-6-8-10-12-14-16-18-20-22-24-26-27-28-29-30-31-32-33-34-35-36-37-38-40-41-43-45-47-49-51-53-55-62(67)72-59-61(60-73-65(64(69)70)71-58-57-66(3,4)5)74-63(68)56-54-52-50-48-46-44-42-39-25-23-21-19-17-15-13-11-9-7-2/h17,19,23,25,61,65H,6-16,18,20-22,24,26-60H2,1-5H3/p+1/b19-17-,25-23-. The van der Waals surface area contributed by atoms with Gasteiger partial charge in [0.2, 0.25) is 0 Å². The van der Waals surface area contributed by atoms with E-state index in [1.54, 1.807) is 0 Å². The van der Waals surface area contributed by atoms with E-state index in [0.717, 1.165) is 51.4 Å². The molecular weight excluding hydrogens is 923 g/mol. The molecule has 0 saturated carbocycles. The molecule has 9 heteroatoms. The average Bonchev–Trinajstić information content (AvgIpc) is 3.37. The molecular formula is C65H124NO8+. The number of likely N-dealkylation sites (N-methyl/N-ethyl adjacent to an activating group) is 1. The molecule has 0 aromatic carbocycles. The summed E-state index contributed by atoms with van der Waals surface area (Å²) in [6, 6.07) is 0. The number of unbranched alkanes of at least 4 members (excludes halogenated alkanes) is 41. The summed E-state index contributed by atoms with van der Waals surface area (Å²) in [5.41, 5.74) is 0. The highest BCUT2D eigenvalue weighted by molar-refractivity contribution is 5.71. The number of carboxylic acid groups (broad SMARTS) is 1. The van der Waals surface area contributed by atoms with Crippen molar-refractivity contribution < 1.29 is 42.9 Å². The number of hydrogen-bond acceptors (Lipinski definition) is 7. The lowest BCUT2D eigenvalue weighted by molar-refractivity contribution is -0.870. The first-order valence-corrected chi connectivity index (χ1v) is 32.0. The van der Waals surface area contributed by atoms with Gasteiger partial charge in [-0.15, -0.1) is 0 Å². The monoisotopic (exact) mass is 1050 g/mol. The second-order valence-electron chi connectivity index (χ2n) is 23.1. The molecule has 0 amide bonds. The Balaban J connectivity index is 4.06. The number of rotatable bonds is 60. The van der Waals surface area contributed by atoms with Gasteiger partial charge in [-0.25, -0.2) is 4.79 Å². The first-order valence-electron chi connectivity index (χ1n) is 32.0. The van der Waals surface area contributed by atoms with E-state index in [-0.39, 0.29) is 32.2 Å². The fraction of sp³-hybridized carbons (Fsp3) is 0.892. The first-order chi connectivity index (χ1) is 36.1. The summed E-state index contributed by atoms with van der Waals surface area (Å²) in [5.74, 6) is -1.99. The topological polar surface area (TPSA) is 108 Å². The van der Waals surface area contributed by atoms with E-state index in [0.29, 0.717) is 23.9 Å². The summed E-state index contributed by atoms with van der Waals surface area (Å²) in [4.78, 5) is 37.5. The van der Waals surface area contributed by atoms with Crippen LogP contribution in [0.4, 0.5) is 0 Å². The molecule has 436 valence electrons. The zero-order valence-corrected chi connectivity index (χ0v) is 49.8. The lowest BCUT2D eigenvalue weighted by atomic mass is 10.0. The van der Waals surface area contributed by atoms with Gasteiger partial charge in [0.25, 0.3) is 6.29 Å². The Morgan fingerprint density at radius 3 is 1.08 bits per heavy atom. The largest absolute Gasteiger partial charge is 0.477 e. The van der Waals surface area contributed by atoms with Crippen molar-refractivity contribution >= 4 is 17.9 Å². The van der Waals surface area contributed by atoms with Gasteiger partial charge in [0.1, 0.15) is 13.2 Å². The van der Waals surface area contributed by atoms with E-state index in [2.05, 4.69) is 38.2 Å². The number of nitrogens with zero attached hydrogens (tertiary/aromatic N) is 1. The molecule has 0 radical (unpaired) electrons. The van der Waals surface area contributed by atoms with E-state index >= 15 is 0 Å².